The average Bonchev–Trinajstić information content (AvgIpc) is 3.35. The van der Waals surface area contributed by atoms with Gasteiger partial charge in [0, 0.05) is 29.8 Å². The molecule has 25 heavy (non-hydrogen) atoms. The Morgan fingerprint density at radius 3 is 3.04 bits per heavy atom. The second-order valence-electron chi connectivity index (χ2n) is 7.33. The minimum Gasteiger partial charge on any atom is -0.346 e. The standard InChI is InChI=1S/C19H20N6/c1-11-9-21-19-17-13(10-22-19)8-15-18(16(11)17)23-24-25(15)14(6-7-20)12-4-2-3-5-12/h9-10,12,14H,2-6,8H2,1H3,(H,21,22). The maximum atomic E-state index is 9.37. The zero-order valence-corrected chi connectivity index (χ0v) is 14.3. The number of nitrogens with zero attached hydrogens (tertiary/aromatic N) is 5. The minimum atomic E-state index is 0.141. The van der Waals surface area contributed by atoms with Crippen molar-refractivity contribution in [1.29, 1.82) is 5.26 Å². The van der Waals surface area contributed by atoms with Gasteiger partial charge in [0.25, 0.3) is 0 Å². The van der Waals surface area contributed by atoms with Gasteiger partial charge in [-0.3, -0.25) is 0 Å². The minimum absolute atomic E-state index is 0.141. The maximum absolute atomic E-state index is 9.37. The fraction of sp³-hybridized carbons (Fsp3) is 0.474. The number of hydrogen-bond acceptors (Lipinski definition) is 4. The number of rotatable bonds is 3. The maximum Gasteiger partial charge on any atom is 0.138 e. The second kappa shape index (κ2) is 5.41. The molecule has 5 rings (SSSR count). The van der Waals surface area contributed by atoms with Crippen molar-refractivity contribution in [2.24, 2.45) is 5.92 Å². The third-order valence-electron chi connectivity index (χ3n) is 5.92. The number of nitrogens with one attached hydrogen (secondary N) is 1. The molecule has 2 aliphatic carbocycles. The summed E-state index contributed by atoms with van der Waals surface area (Å²) in [6.07, 6.45) is 10.2. The zero-order valence-electron chi connectivity index (χ0n) is 14.3. The van der Waals surface area contributed by atoms with Crippen molar-refractivity contribution in [1.82, 2.24) is 25.0 Å². The van der Waals surface area contributed by atoms with Gasteiger partial charge in [-0.15, -0.1) is 5.10 Å². The highest BCUT2D eigenvalue weighted by Crippen LogP contribution is 2.42. The van der Waals surface area contributed by atoms with Gasteiger partial charge in [-0.1, -0.05) is 18.1 Å². The van der Waals surface area contributed by atoms with Gasteiger partial charge in [0.1, 0.15) is 11.3 Å². The van der Waals surface area contributed by atoms with E-state index in [-0.39, 0.29) is 6.04 Å². The van der Waals surface area contributed by atoms with Crippen molar-refractivity contribution in [2.75, 3.05) is 0 Å². The molecule has 1 saturated carbocycles. The number of aryl methyl sites for hydroxylation is 1. The SMILES string of the molecule is Cc1cnc2[nH]cc3c2c1-c1nnn(C(CC#N)C2CCCC2)c1C3. The largest absolute Gasteiger partial charge is 0.346 e. The highest BCUT2D eigenvalue weighted by atomic mass is 15.4. The third-order valence-corrected chi connectivity index (χ3v) is 5.92. The van der Waals surface area contributed by atoms with E-state index in [1.165, 1.54) is 36.6 Å². The van der Waals surface area contributed by atoms with Crippen LogP contribution >= 0.6 is 0 Å². The van der Waals surface area contributed by atoms with Crippen molar-refractivity contribution in [3.8, 4) is 17.3 Å². The summed E-state index contributed by atoms with van der Waals surface area (Å²) in [5.41, 5.74) is 6.56. The first kappa shape index (κ1) is 14.6. The predicted octanol–water partition coefficient (Wildman–Crippen LogP) is 3.68. The van der Waals surface area contributed by atoms with Crippen LogP contribution < -0.4 is 0 Å². The Hall–Kier alpha value is -2.68. The van der Waals surface area contributed by atoms with E-state index >= 15 is 0 Å². The van der Waals surface area contributed by atoms with Crippen molar-refractivity contribution in [3.63, 3.8) is 0 Å². The highest BCUT2D eigenvalue weighted by molar-refractivity contribution is 5.98. The molecule has 1 N–H and O–H groups in total. The normalized spacial score (nSPS) is 17.6. The summed E-state index contributed by atoms with van der Waals surface area (Å²) in [6.45, 7) is 2.08. The number of fused-ring (bicyclic) bond motifs is 2. The van der Waals surface area contributed by atoms with Crippen LogP contribution in [0.15, 0.2) is 12.4 Å². The van der Waals surface area contributed by atoms with Crippen LogP contribution in [0.4, 0.5) is 0 Å². The van der Waals surface area contributed by atoms with Crippen molar-refractivity contribution in [3.05, 3.63) is 29.2 Å². The molecule has 3 aromatic heterocycles. The molecular weight excluding hydrogens is 312 g/mol. The van der Waals surface area contributed by atoms with Crippen LogP contribution in [0.25, 0.3) is 22.3 Å². The van der Waals surface area contributed by atoms with Crippen LogP contribution in [0.1, 0.15) is 55.0 Å². The van der Waals surface area contributed by atoms with Gasteiger partial charge in [0.15, 0.2) is 0 Å². The van der Waals surface area contributed by atoms with Crippen molar-refractivity contribution >= 4 is 11.0 Å². The molecule has 0 radical (unpaired) electrons. The number of H-pyrrole nitrogens is 1. The lowest BCUT2D eigenvalue weighted by molar-refractivity contribution is 0.303. The summed E-state index contributed by atoms with van der Waals surface area (Å²) < 4.78 is 2.07. The van der Waals surface area contributed by atoms with Gasteiger partial charge >= 0.3 is 0 Å². The summed E-state index contributed by atoms with van der Waals surface area (Å²) in [5.74, 6) is 0.539. The lowest BCUT2D eigenvalue weighted by Crippen LogP contribution is -2.21. The van der Waals surface area contributed by atoms with Crippen LogP contribution in [-0.4, -0.2) is 25.0 Å². The Morgan fingerprint density at radius 2 is 2.24 bits per heavy atom. The van der Waals surface area contributed by atoms with Crippen LogP contribution in [0, 0.1) is 24.2 Å². The molecule has 0 amide bonds. The van der Waals surface area contributed by atoms with E-state index in [0.29, 0.717) is 12.3 Å². The van der Waals surface area contributed by atoms with E-state index in [1.54, 1.807) is 0 Å². The molecule has 0 saturated heterocycles. The van der Waals surface area contributed by atoms with Gasteiger partial charge in [-0.2, -0.15) is 5.26 Å². The molecular formula is C19H20N6. The molecule has 1 fully saturated rings. The van der Waals surface area contributed by atoms with Gasteiger partial charge in [0.05, 0.1) is 24.2 Å². The number of nitriles is 1. The van der Waals surface area contributed by atoms with Crippen molar-refractivity contribution < 1.29 is 0 Å². The second-order valence-corrected chi connectivity index (χ2v) is 7.33. The van der Waals surface area contributed by atoms with Crippen molar-refractivity contribution in [2.45, 2.75) is 51.5 Å². The summed E-state index contributed by atoms with van der Waals surface area (Å²) in [7, 11) is 0. The van der Waals surface area contributed by atoms with Gasteiger partial charge < -0.3 is 4.98 Å². The topological polar surface area (TPSA) is 83.2 Å². The zero-order chi connectivity index (χ0) is 17.0. The molecule has 2 aliphatic rings. The number of pyridine rings is 1. The van der Waals surface area contributed by atoms with Crippen LogP contribution in [0.2, 0.25) is 0 Å². The fourth-order valence-corrected chi connectivity index (χ4v) is 4.71. The molecule has 0 aliphatic heterocycles. The smallest absolute Gasteiger partial charge is 0.138 e. The summed E-state index contributed by atoms with van der Waals surface area (Å²) >= 11 is 0. The number of aromatic nitrogens is 5. The lowest BCUT2D eigenvalue weighted by Gasteiger charge is -2.24. The molecule has 0 aromatic carbocycles. The Labute approximate surface area is 145 Å². The first-order valence-corrected chi connectivity index (χ1v) is 9.05. The average molecular weight is 332 g/mol. The van der Waals surface area contributed by atoms with E-state index in [2.05, 4.69) is 44.2 Å². The molecule has 6 nitrogen and oxygen atoms in total. The Bertz CT molecular complexity index is 999. The van der Waals surface area contributed by atoms with E-state index in [1.807, 2.05) is 6.20 Å². The van der Waals surface area contributed by atoms with E-state index in [4.69, 9.17) is 0 Å². The van der Waals surface area contributed by atoms with E-state index in [0.717, 1.165) is 34.6 Å². The van der Waals surface area contributed by atoms with Crippen LogP contribution in [0.5, 0.6) is 0 Å². The van der Waals surface area contributed by atoms with Crippen LogP contribution in [-0.2, 0) is 6.42 Å². The Kier molecular flexibility index (Phi) is 3.17. The molecule has 0 spiro atoms. The molecule has 1 atom stereocenters. The molecule has 6 heteroatoms. The van der Waals surface area contributed by atoms with Gasteiger partial charge in [-0.25, -0.2) is 9.67 Å². The lowest BCUT2D eigenvalue weighted by atomic mass is 9.90. The molecule has 0 bridgehead atoms. The Balaban J connectivity index is 1.68. The predicted molar refractivity (Wildman–Crippen MR) is 93.9 cm³/mol. The molecule has 3 aromatic rings. The van der Waals surface area contributed by atoms with E-state index in [9.17, 15) is 5.26 Å². The van der Waals surface area contributed by atoms with Crippen LogP contribution in [0.3, 0.4) is 0 Å². The van der Waals surface area contributed by atoms with Gasteiger partial charge in [0.2, 0.25) is 0 Å². The molecule has 126 valence electrons. The first-order chi connectivity index (χ1) is 12.3. The Morgan fingerprint density at radius 1 is 1.40 bits per heavy atom. The van der Waals surface area contributed by atoms with E-state index < -0.39 is 0 Å². The first-order valence-electron chi connectivity index (χ1n) is 9.05. The quantitative estimate of drug-likeness (QED) is 0.620. The fourth-order valence-electron chi connectivity index (χ4n) is 4.71. The van der Waals surface area contributed by atoms with Gasteiger partial charge in [-0.05, 0) is 36.8 Å². The summed E-state index contributed by atoms with van der Waals surface area (Å²) in [4.78, 5) is 7.78. The monoisotopic (exact) mass is 332 g/mol. The highest BCUT2D eigenvalue weighted by Gasteiger charge is 2.33. The number of hydrogen-bond donors (Lipinski definition) is 1. The summed E-state index contributed by atoms with van der Waals surface area (Å²) in [6, 6.07) is 2.52. The summed E-state index contributed by atoms with van der Waals surface area (Å²) in [5, 5.41) is 19.6. The third kappa shape index (κ3) is 2.05. The molecule has 1 unspecified atom stereocenters. The molecule has 3 heterocycles. The number of aromatic amines is 1.